The Morgan fingerprint density at radius 3 is 2.79 bits per heavy atom. The van der Waals surface area contributed by atoms with Gasteiger partial charge in [-0.1, -0.05) is 0 Å². The maximum atomic E-state index is 11.2. The van der Waals surface area contributed by atoms with Crippen LogP contribution >= 0.6 is 12.2 Å². The fourth-order valence-corrected chi connectivity index (χ4v) is 1.18. The number of methoxy groups -OCH3 is 1. The molecule has 0 saturated heterocycles. The monoisotopic (exact) mass is 213 g/mol. The normalized spacial score (nSPS) is 9.57. The van der Waals surface area contributed by atoms with E-state index in [4.69, 9.17) is 5.73 Å². The second kappa shape index (κ2) is 4.10. The lowest BCUT2D eigenvalue weighted by molar-refractivity contribution is 0.0590. The third kappa shape index (κ3) is 2.02. The molecule has 0 amide bonds. The Hall–Kier alpha value is -1.56. The van der Waals surface area contributed by atoms with E-state index < -0.39 is 5.97 Å². The van der Waals surface area contributed by atoms with E-state index in [0.29, 0.717) is 11.5 Å². The molecule has 0 radical (unpaired) electrons. The molecule has 14 heavy (non-hydrogen) atoms. The van der Waals surface area contributed by atoms with Gasteiger partial charge < -0.3 is 20.4 Å². The molecule has 1 heterocycles. The van der Waals surface area contributed by atoms with E-state index in [9.17, 15) is 4.79 Å². The van der Waals surface area contributed by atoms with Gasteiger partial charge in [-0.2, -0.15) is 0 Å². The summed E-state index contributed by atoms with van der Waals surface area (Å²) < 4.78 is 6.20. The Morgan fingerprint density at radius 2 is 2.29 bits per heavy atom. The minimum absolute atomic E-state index is 0.155. The Kier molecular flexibility index (Phi) is 3.08. The molecule has 0 aliphatic heterocycles. The first-order valence-corrected chi connectivity index (χ1v) is 4.27. The summed E-state index contributed by atoms with van der Waals surface area (Å²) in [6.07, 6.45) is 0. The van der Waals surface area contributed by atoms with Gasteiger partial charge in [0.05, 0.1) is 7.11 Å². The van der Waals surface area contributed by atoms with Crippen LogP contribution in [0.2, 0.25) is 0 Å². The van der Waals surface area contributed by atoms with Crippen LogP contribution in [-0.2, 0) is 11.8 Å². The maximum absolute atomic E-state index is 11.2. The van der Waals surface area contributed by atoms with E-state index >= 15 is 0 Å². The van der Waals surface area contributed by atoms with Crippen LogP contribution in [0.4, 0.5) is 5.82 Å². The highest BCUT2D eigenvalue weighted by atomic mass is 32.1. The quantitative estimate of drug-likeness (QED) is 0.552. The summed E-state index contributed by atoms with van der Waals surface area (Å²) >= 11 is 4.68. The first-order valence-electron chi connectivity index (χ1n) is 3.86. The standard InChI is InChI=1S/C8H11N3O2S/c1-11-5(7(12)13-2)3-4-6(11)10-8(9)14/h3-4H,1-2H3,(H3,9,10,14). The Balaban J connectivity index is 2.96. The average molecular weight is 213 g/mol. The van der Waals surface area contributed by atoms with Crippen LogP contribution in [0.3, 0.4) is 0 Å². The number of nitrogens with one attached hydrogen (secondary N) is 1. The fourth-order valence-electron chi connectivity index (χ4n) is 1.07. The molecule has 0 bridgehead atoms. The molecule has 0 aliphatic carbocycles. The van der Waals surface area contributed by atoms with E-state index in [1.54, 1.807) is 23.7 Å². The first-order chi connectivity index (χ1) is 6.56. The summed E-state index contributed by atoms with van der Waals surface area (Å²) in [5, 5.41) is 2.89. The van der Waals surface area contributed by atoms with Crippen LogP contribution in [-0.4, -0.2) is 22.8 Å². The number of carbonyl (C=O) groups excluding carboxylic acids is 1. The van der Waals surface area contributed by atoms with Crippen LogP contribution in [0, 0.1) is 0 Å². The molecular weight excluding hydrogens is 202 g/mol. The molecule has 1 aromatic rings. The van der Waals surface area contributed by atoms with Crippen molar-refractivity contribution in [2.75, 3.05) is 12.4 Å². The lowest BCUT2D eigenvalue weighted by atomic mass is 10.4. The van der Waals surface area contributed by atoms with Gasteiger partial charge in [0.25, 0.3) is 0 Å². The summed E-state index contributed by atoms with van der Waals surface area (Å²) in [5.74, 6) is 0.251. The van der Waals surface area contributed by atoms with Crippen LogP contribution < -0.4 is 11.1 Å². The van der Waals surface area contributed by atoms with Gasteiger partial charge in [0.1, 0.15) is 11.5 Å². The minimum atomic E-state index is -0.400. The maximum Gasteiger partial charge on any atom is 0.354 e. The molecule has 1 rings (SSSR count). The van der Waals surface area contributed by atoms with E-state index in [-0.39, 0.29) is 5.11 Å². The smallest absolute Gasteiger partial charge is 0.354 e. The molecule has 0 aromatic carbocycles. The lowest BCUT2D eigenvalue weighted by Crippen LogP contribution is -2.21. The Bertz CT molecular complexity index is 373. The number of anilines is 1. The zero-order valence-corrected chi connectivity index (χ0v) is 8.72. The van der Waals surface area contributed by atoms with Crippen LogP contribution in [0.1, 0.15) is 10.5 Å². The number of nitrogens with zero attached hydrogens (tertiary/aromatic N) is 1. The van der Waals surface area contributed by atoms with Gasteiger partial charge in [0.15, 0.2) is 5.11 Å². The molecule has 6 heteroatoms. The molecule has 5 nitrogen and oxygen atoms in total. The number of ether oxygens (including phenoxy) is 1. The van der Waals surface area contributed by atoms with Gasteiger partial charge in [-0.3, -0.25) is 0 Å². The average Bonchev–Trinajstić information content (AvgIpc) is 2.46. The van der Waals surface area contributed by atoms with E-state index in [1.807, 2.05) is 0 Å². The predicted molar refractivity (Wildman–Crippen MR) is 57.2 cm³/mol. The Labute approximate surface area is 86.8 Å². The van der Waals surface area contributed by atoms with E-state index in [2.05, 4.69) is 22.3 Å². The highest BCUT2D eigenvalue weighted by molar-refractivity contribution is 7.80. The van der Waals surface area contributed by atoms with E-state index in [1.165, 1.54) is 7.11 Å². The third-order valence-electron chi connectivity index (χ3n) is 1.77. The van der Waals surface area contributed by atoms with Gasteiger partial charge >= 0.3 is 5.97 Å². The van der Waals surface area contributed by atoms with Crippen LogP contribution in [0.5, 0.6) is 0 Å². The number of rotatable bonds is 2. The number of hydrogen-bond donors (Lipinski definition) is 2. The summed E-state index contributed by atoms with van der Waals surface area (Å²) in [5.41, 5.74) is 5.74. The van der Waals surface area contributed by atoms with Crippen molar-refractivity contribution in [2.24, 2.45) is 12.8 Å². The van der Waals surface area contributed by atoms with Gasteiger partial charge in [0.2, 0.25) is 0 Å². The van der Waals surface area contributed by atoms with Crippen molar-refractivity contribution >= 4 is 29.1 Å². The lowest BCUT2D eigenvalue weighted by Gasteiger charge is -2.06. The van der Waals surface area contributed by atoms with Gasteiger partial charge in [-0.05, 0) is 24.4 Å². The molecule has 0 aliphatic rings. The molecule has 3 N–H and O–H groups in total. The fraction of sp³-hybridized carbons (Fsp3) is 0.250. The van der Waals surface area contributed by atoms with Gasteiger partial charge in [-0.15, -0.1) is 0 Å². The highest BCUT2D eigenvalue weighted by Gasteiger charge is 2.12. The summed E-state index contributed by atoms with van der Waals surface area (Å²) in [7, 11) is 3.04. The van der Waals surface area contributed by atoms with Crippen molar-refractivity contribution in [3.05, 3.63) is 17.8 Å². The molecule has 1 aromatic heterocycles. The Morgan fingerprint density at radius 1 is 1.64 bits per heavy atom. The van der Waals surface area contributed by atoms with Crippen molar-refractivity contribution in [2.45, 2.75) is 0 Å². The van der Waals surface area contributed by atoms with Crippen molar-refractivity contribution in [1.82, 2.24) is 4.57 Å². The van der Waals surface area contributed by atoms with E-state index in [0.717, 1.165) is 0 Å². The number of carbonyl (C=O) groups is 1. The summed E-state index contributed by atoms with van der Waals surface area (Å²) in [6, 6.07) is 3.33. The number of nitrogens with two attached hydrogens (primary N) is 1. The second-order valence-corrected chi connectivity index (χ2v) is 3.08. The number of esters is 1. The zero-order chi connectivity index (χ0) is 10.7. The molecule has 0 unspecified atom stereocenters. The van der Waals surface area contributed by atoms with Crippen molar-refractivity contribution in [3.8, 4) is 0 Å². The number of thiocarbonyl (C=S) groups is 1. The minimum Gasteiger partial charge on any atom is -0.464 e. The van der Waals surface area contributed by atoms with Crippen LogP contribution in [0.25, 0.3) is 0 Å². The van der Waals surface area contributed by atoms with Crippen molar-refractivity contribution in [3.63, 3.8) is 0 Å². The molecule has 0 spiro atoms. The van der Waals surface area contributed by atoms with Crippen molar-refractivity contribution < 1.29 is 9.53 Å². The number of hydrogen-bond acceptors (Lipinski definition) is 3. The first kappa shape index (κ1) is 10.5. The largest absolute Gasteiger partial charge is 0.464 e. The molecule has 0 fully saturated rings. The molecule has 0 atom stereocenters. The summed E-state index contributed by atoms with van der Waals surface area (Å²) in [6.45, 7) is 0. The molecule has 76 valence electrons. The second-order valence-electron chi connectivity index (χ2n) is 2.64. The van der Waals surface area contributed by atoms with Gasteiger partial charge in [-0.25, -0.2) is 4.79 Å². The topological polar surface area (TPSA) is 69.3 Å². The third-order valence-corrected chi connectivity index (χ3v) is 1.87. The molecule has 0 saturated carbocycles. The predicted octanol–water partition coefficient (Wildman–Crippen LogP) is 0.467. The SMILES string of the molecule is COC(=O)c1ccc(NC(N)=S)n1C. The highest BCUT2D eigenvalue weighted by Crippen LogP contribution is 2.12. The van der Waals surface area contributed by atoms with Crippen LogP contribution in [0.15, 0.2) is 12.1 Å². The van der Waals surface area contributed by atoms with Crippen molar-refractivity contribution in [1.29, 1.82) is 0 Å². The number of aromatic nitrogens is 1. The van der Waals surface area contributed by atoms with Gasteiger partial charge in [0, 0.05) is 7.05 Å². The molecular formula is C8H11N3O2S. The zero-order valence-electron chi connectivity index (χ0n) is 7.90. The summed E-state index contributed by atoms with van der Waals surface area (Å²) in [4.78, 5) is 11.2.